The van der Waals surface area contributed by atoms with E-state index in [4.69, 9.17) is 4.74 Å². The fourth-order valence-corrected chi connectivity index (χ4v) is 4.01. The largest absolute Gasteiger partial charge is 0.496 e. The lowest BCUT2D eigenvalue weighted by atomic mass is 9.98. The van der Waals surface area contributed by atoms with Crippen LogP contribution in [0.25, 0.3) is 11.6 Å². The Morgan fingerprint density at radius 3 is 2.78 bits per heavy atom. The zero-order chi connectivity index (χ0) is 16.4. The van der Waals surface area contributed by atoms with E-state index in [0.717, 1.165) is 35.4 Å². The van der Waals surface area contributed by atoms with Crippen LogP contribution in [-0.2, 0) is 9.53 Å². The van der Waals surface area contributed by atoms with Gasteiger partial charge in [-0.1, -0.05) is 19.9 Å². The van der Waals surface area contributed by atoms with Crippen LogP contribution in [0, 0.1) is 28.6 Å². The molecule has 1 aromatic rings. The normalized spacial score (nSPS) is 33.0. The van der Waals surface area contributed by atoms with E-state index in [1.165, 1.54) is 0 Å². The van der Waals surface area contributed by atoms with Crippen molar-refractivity contribution < 1.29 is 9.53 Å². The summed E-state index contributed by atoms with van der Waals surface area (Å²) >= 11 is 0. The number of nitriles is 1. The van der Waals surface area contributed by atoms with Gasteiger partial charge >= 0.3 is 0 Å². The first kappa shape index (κ1) is 14.3. The zero-order valence-corrected chi connectivity index (χ0v) is 13.6. The van der Waals surface area contributed by atoms with E-state index in [1.54, 1.807) is 7.11 Å². The summed E-state index contributed by atoms with van der Waals surface area (Å²) in [4.78, 5) is 15.2. The second-order valence-electron chi connectivity index (χ2n) is 7.18. The first-order valence-electron chi connectivity index (χ1n) is 8.15. The summed E-state index contributed by atoms with van der Waals surface area (Å²) in [5.41, 5.74) is 2.20. The minimum absolute atomic E-state index is 0.0129. The summed E-state index contributed by atoms with van der Waals surface area (Å²) < 4.78 is 5.53. The molecule has 4 nitrogen and oxygen atoms in total. The van der Waals surface area contributed by atoms with Crippen molar-refractivity contribution in [3.63, 3.8) is 0 Å². The monoisotopic (exact) mass is 308 g/mol. The number of aromatic amines is 1. The molecule has 0 saturated heterocycles. The quantitative estimate of drug-likeness (QED) is 0.865. The van der Waals surface area contributed by atoms with Crippen molar-refractivity contribution in [1.82, 2.24) is 4.98 Å². The third kappa shape index (κ3) is 1.86. The van der Waals surface area contributed by atoms with Gasteiger partial charge in [-0.2, -0.15) is 5.26 Å². The molecule has 2 fully saturated rings. The summed E-state index contributed by atoms with van der Waals surface area (Å²) in [6, 6.07) is 2.37. The van der Waals surface area contributed by atoms with E-state index < -0.39 is 0 Å². The second-order valence-corrected chi connectivity index (χ2v) is 7.18. The SMILES string of the molecule is COC1=C[C@]2(C)C(C)C2/C=c2/c(C#N)c(C3CC3)[nH]c2=C1C=O. The van der Waals surface area contributed by atoms with E-state index in [-0.39, 0.29) is 5.41 Å². The van der Waals surface area contributed by atoms with Crippen molar-refractivity contribution in [2.45, 2.75) is 32.6 Å². The van der Waals surface area contributed by atoms with Crippen LogP contribution in [0.2, 0.25) is 0 Å². The van der Waals surface area contributed by atoms with Crippen molar-refractivity contribution in [3.05, 3.63) is 33.7 Å². The average molecular weight is 308 g/mol. The number of aldehydes is 1. The van der Waals surface area contributed by atoms with Crippen LogP contribution < -0.4 is 10.6 Å². The number of rotatable bonds is 3. The summed E-state index contributed by atoms with van der Waals surface area (Å²) in [5.74, 6) is 1.88. The van der Waals surface area contributed by atoms with Crippen LogP contribution in [-0.4, -0.2) is 18.4 Å². The molecular weight excluding hydrogens is 288 g/mol. The number of aromatic nitrogens is 1. The molecule has 2 saturated carbocycles. The smallest absolute Gasteiger partial charge is 0.155 e. The van der Waals surface area contributed by atoms with Crippen molar-refractivity contribution in [2.75, 3.05) is 7.11 Å². The Labute approximate surface area is 135 Å². The minimum atomic E-state index is -0.0129. The molecule has 0 amide bonds. The van der Waals surface area contributed by atoms with Crippen LogP contribution in [0.4, 0.5) is 0 Å². The fraction of sp³-hybridized carbons (Fsp3) is 0.474. The number of carbonyl (C=O) groups is 1. The Hall–Kier alpha value is -2.28. The molecule has 23 heavy (non-hydrogen) atoms. The van der Waals surface area contributed by atoms with Crippen LogP contribution in [0.15, 0.2) is 11.8 Å². The number of hydrogen-bond donors (Lipinski definition) is 1. The van der Waals surface area contributed by atoms with Gasteiger partial charge in [-0.3, -0.25) is 4.79 Å². The zero-order valence-electron chi connectivity index (χ0n) is 13.6. The van der Waals surface area contributed by atoms with Crippen molar-refractivity contribution in [2.24, 2.45) is 17.3 Å². The fourth-order valence-electron chi connectivity index (χ4n) is 4.01. The lowest BCUT2D eigenvalue weighted by Crippen LogP contribution is -2.30. The van der Waals surface area contributed by atoms with Gasteiger partial charge in [0.2, 0.25) is 0 Å². The molecule has 4 heteroatoms. The highest BCUT2D eigenvalue weighted by Crippen LogP contribution is 2.61. The molecule has 0 radical (unpaired) electrons. The highest BCUT2D eigenvalue weighted by molar-refractivity contribution is 6.05. The van der Waals surface area contributed by atoms with Crippen molar-refractivity contribution in [1.29, 1.82) is 5.26 Å². The standard InChI is InChI=1S/C19H20N2O2/c1-10-15-6-12-13(8-20)17(11-4-5-11)21-18(12)14(9-22)16(23-3)7-19(10,15)2/h6-7,9-11,15,21H,4-5H2,1-3H3/b12-6-,16-7?,18-14?/t10?,15?,19-/m1/s1. The first-order chi connectivity index (χ1) is 11.0. The number of nitrogens with one attached hydrogen (secondary N) is 1. The molecule has 3 atom stereocenters. The molecule has 0 spiro atoms. The molecular formula is C19H20N2O2. The van der Waals surface area contributed by atoms with E-state index in [1.807, 2.05) is 0 Å². The molecule has 0 aromatic carbocycles. The maximum Gasteiger partial charge on any atom is 0.155 e. The van der Waals surface area contributed by atoms with Gasteiger partial charge in [0.25, 0.3) is 0 Å². The second kappa shape index (κ2) is 4.61. The van der Waals surface area contributed by atoms with Crippen LogP contribution in [0.3, 0.4) is 0 Å². The number of H-pyrrole nitrogens is 1. The molecule has 1 aromatic heterocycles. The lowest BCUT2D eigenvalue weighted by Gasteiger charge is -2.11. The number of ether oxygens (including phenoxy) is 1. The van der Waals surface area contributed by atoms with Crippen LogP contribution in [0.5, 0.6) is 0 Å². The maximum atomic E-state index is 11.8. The predicted octanol–water partition coefficient (Wildman–Crippen LogP) is 1.71. The predicted molar refractivity (Wildman–Crippen MR) is 86.5 cm³/mol. The molecule has 3 aliphatic carbocycles. The molecule has 3 aliphatic rings. The van der Waals surface area contributed by atoms with Gasteiger partial charge < -0.3 is 9.72 Å². The first-order valence-corrected chi connectivity index (χ1v) is 8.15. The van der Waals surface area contributed by atoms with Crippen molar-refractivity contribution >= 4 is 17.9 Å². The number of fused-ring (bicyclic) bond motifs is 2. The van der Waals surface area contributed by atoms with Gasteiger partial charge in [0, 0.05) is 16.8 Å². The Kier molecular flexibility index (Phi) is 2.87. The summed E-state index contributed by atoms with van der Waals surface area (Å²) in [6.07, 6.45) is 7.32. The van der Waals surface area contributed by atoms with Gasteiger partial charge in [-0.05, 0) is 36.2 Å². The average Bonchev–Trinajstić information content (AvgIpc) is 3.42. The molecule has 118 valence electrons. The number of methoxy groups -OCH3 is 1. The van der Waals surface area contributed by atoms with Gasteiger partial charge in [0.05, 0.1) is 23.6 Å². The number of allylic oxidation sites excluding steroid dienone is 2. The topological polar surface area (TPSA) is 65.9 Å². The Balaban J connectivity index is 2.11. The van der Waals surface area contributed by atoms with Gasteiger partial charge in [0.15, 0.2) is 6.29 Å². The van der Waals surface area contributed by atoms with Crippen LogP contribution >= 0.6 is 0 Å². The Morgan fingerprint density at radius 1 is 1.48 bits per heavy atom. The van der Waals surface area contributed by atoms with Gasteiger partial charge in [-0.15, -0.1) is 0 Å². The number of nitrogens with zero attached hydrogens (tertiary/aromatic N) is 1. The van der Waals surface area contributed by atoms with Crippen molar-refractivity contribution in [3.8, 4) is 6.07 Å². The third-order valence-electron chi connectivity index (χ3n) is 5.95. The summed E-state index contributed by atoms with van der Waals surface area (Å²) in [6.45, 7) is 4.39. The molecule has 1 N–H and O–H groups in total. The summed E-state index contributed by atoms with van der Waals surface area (Å²) in [7, 11) is 1.60. The van der Waals surface area contributed by atoms with Gasteiger partial charge in [0.1, 0.15) is 11.8 Å². The van der Waals surface area contributed by atoms with Gasteiger partial charge in [-0.25, -0.2) is 0 Å². The molecule has 4 rings (SSSR count). The van der Waals surface area contributed by atoms with E-state index in [9.17, 15) is 10.1 Å². The molecule has 0 aliphatic heterocycles. The molecule has 1 heterocycles. The number of carbonyl (C=O) groups excluding carboxylic acids is 1. The third-order valence-corrected chi connectivity index (χ3v) is 5.95. The number of hydrogen-bond acceptors (Lipinski definition) is 3. The molecule has 0 bridgehead atoms. The van der Waals surface area contributed by atoms with E-state index >= 15 is 0 Å². The van der Waals surface area contributed by atoms with E-state index in [2.05, 4.69) is 37.1 Å². The highest BCUT2D eigenvalue weighted by Gasteiger charge is 2.56. The van der Waals surface area contributed by atoms with Crippen LogP contribution in [0.1, 0.15) is 43.9 Å². The highest BCUT2D eigenvalue weighted by atomic mass is 16.5. The summed E-state index contributed by atoms with van der Waals surface area (Å²) in [5, 5.41) is 11.3. The maximum absolute atomic E-state index is 11.8. The molecule has 2 unspecified atom stereocenters. The minimum Gasteiger partial charge on any atom is -0.496 e. The Bertz CT molecular complexity index is 895. The Morgan fingerprint density at radius 2 is 2.22 bits per heavy atom. The lowest BCUT2D eigenvalue weighted by molar-refractivity contribution is -0.103. The van der Waals surface area contributed by atoms with E-state index in [0.29, 0.717) is 34.6 Å².